The van der Waals surface area contributed by atoms with Crippen molar-refractivity contribution in [3.05, 3.63) is 41.0 Å². The third-order valence-electron chi connectivity index (χ3n) is 6.64. The van der Waals surface area contributed by atoms with Gasteiger partial charge >= 0.3 is 6.03 Å². The first kappa shape index (κ1) is 26.7. The van der Waals surface area contributed by atoms with Crippen molar-refractivity contribution in [1.29, 1.82) is 0 Å². The zero-order valence-electron chi connectivity index (χ0n) is 21.0. The second kappa shape index (κ2) is 11.7. The highest BCUT2D eigenvalue weighted by molar-refractivity contribution is 7.90. The van der Waals surface area contributed by atoms with Crippen molar-refractivity contribution in [2.45, 2.75) is 70.2 Å². The normalized spacial score (nSPS) is 21.3. The van der Waals surface area contributed by atoms with E-state index in [-0.39, 0.29) is 22.9 Å². The highest BCUT2D eigenvalue weighted by atomic mass is 32.2. The Labute approximate surface area is 208 Å². The smallest absolute Gasteiger partial charge is 0.324 e. The molecule has 1 heterocycles. The summed E-state index contributed by atoms with van der Waals surface area (Å²) in [7, 11) is -2.44. The molecule has 1 aromatic rings. The van der Waals surface area contributed by atoms with Gasteiger partial charge in [-0.05, 0) is 74.6 Å². The van der Waals surface area contributed by atoms with E-state index in [1.54, 1.807) is 12.1 Å². The molecule has 1 aromatic carbocycles. The number of carbonyl (C=O) groups is 2. The predicted molar refractivity (Wildman–Crippen MR) is 134 cm³/mol. The Balaban J connectivity index is 1.52. The van der Waals surface area contributed by atoms with Crippen LogP contribution in [0.5, 0.6) is 0 Å². The SMILES string of the molecule is CCC1=C(C)CN(C(=O)NCCc2ccc(S(=O)(=O)NC(=NC3CCC(C)CC3)OC)cc2)C1=O. The van der Waals surface area contributed by atoms with E-state index in [0.717, 1.165) is 36.8 Å². The molecule has 2 N–H and O–H groups in total. The number of amidine groups is 1. The van der Waals surface area contributed by atoms with Gasteiger partial charge in [-0.2, -0.15) is 0 Å². The molecule has 35 heavy (non-hydrogen) atoms. The Bertz CT molecular complexity index is 1090. The van der Waals surface area contributed by atoms with Crippen LogP contribution in [0.25, 0.3) is 0 Å². The van der Waals surface area contributed by atoms with Gasteiger partial charge in [-0.15, -0.1) is 0 Å². The molecule has 1 saturated carbocycles. The van der Waals surface area contributed by atoms with Crippen molar-refractivity contribution in [2.75, 3.05) is 20.2 Å². The molecule has 1 aliphatic heterocycles. The number of benzene rings is 1. The molecule has 0 bridgehead atoms. The van der Waals surface area contributed by atoms with Crippen LogP contribution in [0.3, 0.4) is 0 Å². The number of aliphatic imine (C=N–C) groups is 1. The number of hydrogen-bond donors (Lipinski definition) is 2. The van der Waals surface area contributed by atoms with Gasteiger partial charge in [0.1, 0.15) is 0 Å². The maximum absolute atomic E-state index is 12.8. The fraction of sp³-hybridized carbons (Fsp3) is 0.560. The molecule has 1 aliphatic carbocycles. The van der Waals surface area contributed by atoms with E-state index >= 15 is 0 Å². The lowest BCUT2D eigenvalue weighted by atomic mass is 9.88. The van der Waals surface area contributed by atoms with Crippen LogP contribution in [0.1, 0.15) is 58.4 Å². The second-order valence-corrected chi connectivity index (χ2v) is 11.0. The second-order valence-electron chi connectivity index (χ2n) is 9.29. The van der Waals surface area contributed by atoms with E-state index in [9.17, 15) is 18.0 Å². The number of amides is 3. The number of imide groups is 1. The molecule has 1 fully saturated rings. The number of nitrogens with zero attached hydrogens (tertiary/aromatic N) is 2. The summed E-state index contributed by atoms with van der Waals surface area (Å²) >= 11 is 0. The number of carbonyl (C=O) groups excluding carboxylic acids is 2. The van der Waals surface area contributed by atoms with Gasteiger partial charge in [-0.1, -0.05) is 26.0 Å². The summed E-state index contributed by atoms with van der Waals surface area (Å²) < 4.78 is 33.2. The molecule has 0 saturated heterocycles. The van der Waals surface area contributed by atoms with E-state index in [4.69, 9.17) is 4.74 Å². The summed E-state index contributed by atoms with van der Waals surface area (Å²) in [5.41, 5.74) is 2.48. The first-order valence-electron chi connectivity index (χ1n) is 12.2. The molecule has 0 spiro atoms. The zero-order valence-corrected chi connectivity index (χ0v) is 21.8. The third kappa shape index (κ3) is 6.84. The van der Waals surface area contributed by atoms with Crippen LogP contribution in [0.2, 0.25) is 0 Å². The van der Waals surface area contributed by atoms with Crippen LogP contribution < -0.4 is 10.0 Å². The number of rotatable bonds is 7. The molecule has 192 valence electrons. The number of urea groups is 1. The summed E-state index contributed by atoms with van der Waals surface area (Å²) in [6.07, 6.45) is 5.09. The molecular weight excluding hydrogens is 468 g/mol. The average molecular weight is 505 g/mol. The molecule has 0 atom stereocenters. The molecule has 10 heteroatoms. The number of methoxy groups -OCH3 is 1. The van der Waals surface area contributed by atoms with Crippen LogP contribution in [0, 0.1) is 5.92 Å². The number of hydrogen-bond acceptors (Lipinski definition) is 6. The summed E-state index contributed by atoms with van der Waals surface area (Å²) in [6, 6.07) is 6.08. The highest BCUT2D eigenvalue weighted by Gasteiger charge is 2.31. The Morgan fingerprint density at radius 1 is 1.17 bits per heavy atom. The molecule has 0 radical (unpaired) electrons. The van der Waals surface area contributed by atoms with E-state index in [1.807, 2.05) is 13.8 Å². The minimum absolute atomic E-state index is 0.00348. The Morgan fingerprint density at radius 3 is 2.40 bits per heavy atom. The van der Waals surface area contributed by atoms with Crippen molar-refractivity contribution in [3.8, 4) is 0 Å². The van der Waals surface area contributed by atoms with Crippen LogP contribution in [0.15, 0.2) is 45.3 Å². The van der Waals surface area contributed by atoms with Gasteiger partial charge in [0.2, 0.25) is 0 Å². The molecule has 0 aromatic heterocycles. The lowest BCUT2D eigenvalue weighted by Gasteiger charge is -2.23. The van der Waals surface area contributed by atoms with Gasteiger partial charge in [0.05, 0.1) is 24.6 Å². The predicted octanol–water partition coefficient (Wildman–Crippen LogP) is 3.37. The topological polar surface area (TPSA) is 117 Å². The van der Waals surface area contributed by atoms with E-state index < -0.39 is 16.1 Å². The van der Waals surface area contributed by atoms with E-state index in [1.165, 1.54) is 24.1 Å². The van der Waals surface area contributed by atoms with Gasteiger partial charge < -0.3 is 10.1 Å². The minimum Gasteiger partial charge on any atom is -0.468 e. The molecule has 0 unspecified atom stereocenters. The van der Waals surface area contributed by atoms with Crippen molar-refractivity contribution in [1.82, 2.24) is 14.9 Å². The van der Waals surface area contributed by atoms with Gasteiger partial charge in [-0.3, -0.25) is 9.69 Å². The van der Waals surface area contributed by atoms with Gasteiger partial charge in [0.15, 0.2) is 0 Å². The summed E-state index contributed by atoms with van der Waals surface area (Å²) in [4.78, 5) is 30.5. The van der Waals surface area contributed by atoms with Crippen molar-refractivity contribution in [3.63, 3.8) is 0 Å². The van der Waals surface area contributed by atoms with Crippen LogP contribution in [-0.4, -0.2) is 57.5 Å². The summed E-state index contributed by atoms with van der Waals surface area (Å²) in [5, 5.41) is 2.77. The van der Waals surface area contributed by atoms with E-state index in [0.29, 0.717) is 37.4 Å². The molecule has 9 nitrogen and oxygen atoms in total. The first-order chi connectivity index (χ1) is 16.6. The fourth-order valence-corrected chi connectivity index (χ4v) is 5.42. The van der Waals surface area contributed by atoms with Gasteiger partial charge in [0, 0.05) is 12.1 Å². The molecule has 2 aliphatic rings. The van der Waals surface area contributed by atoms with Crippen molar-refractivity contribution in [2.24, 2.45) is 10.9 Å². The largest absolute Gasteiger partial charge is 0.468 e. The molecule has 3 rings (SSSR count). The molecular formula is C25H36N4O5S. The molecule has 3 amide bonds. The Hall–Kier alpha value is -2.88. The summed E-state index contributed by atoms with van der Waals surface area (Å²) in [6.45, 7) is 6.63. The Morgan fingerprint density at radius 2 is 1.83 bits per heavy atom. The van der Waals surface area contributed by atoms with Crippen LogP contribution in [0.4, 0.5) is 4.79 Å². The third-order valence-corrected chi connectivity index (χ3v) is 7.97. The standard InChI is InChI=1S/C25H36N4O5S/c1-5-22-18(3)16-29(23(22)30)25(31)26-15-14-19-8-12-21(13-9-19)35(32,33)28-24(34-4)27-20-10-6-17(2)7-11-20/h8-9,12-13,17,20H,5-7,10-11,14-16H2,1-4H3,(H,26,31)(H,27,28). The zero-order chi connectivity index (χ0) is 25.6. The Kier molecular flexibility index (Phi) is 8.93. The van der Waals surface area contributed by atoms with Crippen molar-refractivity contribution < 1.29 is 22.7 Å². The lowest BCUT2D eigenvalue weighted by Crippen LogP contribution is -2.42. The highest BCUT2D eigenvalue weighted by Crippen LogP contribution is 2.26. The first-order valence-corrected chi connectivity index (χ1v) is 13.6. The van der Waals surface area contributed by atoms with Gasteiger partial charge in [0.25, 0.3) is 22.0 Å². The average Bonchev–Trinajstić information content (AvgIpc) is 3.13. The quantitative estimate of drug-likeness (QED) is 0.436. The number of sulfonamides is 1. The number of nitrogens with one attached hydrogen (secondary N) is 2. The van der Waals surface area contributed by atoms with Crippen molar-refractivity contribution >= 4 is 28.0 Å². The summed E-state index contributed by atoms with van der Waals surface area (Å²) in [5.74, 6) is 0.440. The van der Waals surface area contributed by atoms with Crippen LogP contribution in [-0.2, 0) is 26.0 Å². The monoisotopic (exact) mass is 504 g/mol. The maximum Gasteiger partial charge on any atom is 0.324 e. The van der Waals surface area contributed by atoms with E-state index in [2.05, 4.69) is 22.0 Å². The fourth-order valence-electron chi connectivity index (χ4n) is 4.44. The maximum atomic E-state index is 12.8. The van der Waals surface area contributed by atoms with Crippen LogP contribution >= 0.6 is 0 Å². The number of ether oxygens (including phenoxy) is 1. The lowest BCUT2D eigenvalue weighted by molar-refractivity contribution is -0.123. The van der Waals surface area contributed by atoms with Gasteiger partial charge in [-0.25, -0.2) is 22.9 Å². The minimum atomic E-state index is -3.84.